The first kappa shape index (κ1) is 13.8. The van der Waals surface area contributed by atoms with E-state index in [2.05, 4.69) is 5.32 Å². The van der Waals surface area contributed by atoms with Gasteiger partial charge in [0.15, 0.2) is 0 Å². The Balaban J connectivity index is 2.16. The number of carboxylic acids is 1. The van der Waals surface area contributed by atoms with Gasteiger partial charge in [0.05, 0.1) is 0 Å². The molecule has 0 heterocycles. The number of carbonyl (C=O) groups excluding carboxylic acids is 1. The average molecular weight is 253 g/mol. The fourth-order valence-corrected chi connectivity index (χ4v) is 1.48. The summed E-state index contributed by atoms with van der Waals surface area (Å²) in [4.78, 5) is 22.2. The summed E-state index contributed by atoms with van der Waals surface area (Å²) >= 11 is 0. The summed E-state index contributed by atoms with van der Waals surface area (Å²) in [6.45, 7) is 0.0872. The Hall–Kier alpha value is -1.27. The zero-order valence-corrected chi connectivity index (χ0v) is 9.14. The van der Waals surface area contributed by atoms with E-state index in [4.69, 9.17) is 5.11 Å². The van der Waals surface area contributed by atoms with Crippen molar-refractivity contribution in [1.82, 2.24) is 5.32 Å². The molecule has 0 unspecified atom stereocenters. The average Bonchev–Trinajstić information content (AvgIpc) is 2.95. The molecule has 0 aromatic carbocycles. The zero-order chi connectivity index (χ0) is 13.1. The Bertz CT molecular complexity index is 310. The number of amides is 1. The van der Waals surface area contributed by atoms with Crippen LogP contribution in [0, 0.1) is 5.41 Å². The SMILES string of the molecule is O=C(O)C1(C(=O)NCCCCC(F)(F)F)CC1. The number of carboxylic acid groups (broad SMARTS) is 1. The number of aliphatic carboxylic acids is 1. The molecule has 17 heavy (non-hydrogen) atoms. The lowest BCUT2D eigenvalue weighted by Crippen LogP contribution is -2.37. The summed E-state index contributed by atoms with van der Waals surface area (Å²) in [5.74, 6) is -1.75. The number of alkyl halides is 3. The predicted octanol–water partition coefficient (Wildman–Crippen LogP) is 1.70. The van der Waals surface area contributed by atoms with Gasteiger partial charge in [-0.3, -0.25) is 9.59 Å². The third-order valence-corrected chi connectivity index (χ3v) is 2.77. The van der Waals surface area contributed by atoms with Crippen LogP contribution in [0.4, 0.5) is 13.2 Å². The fourth-order valence-electron chi connectivity index (χ4n) is 1.48. The third-order valence-electron chi connectivity index (χ3n) is 2.77. The number of carbonyl (C=O) groups is 2. The number of hydrogen-bond acceptors (Lipinski definition) is 2. The quantitative estimate of drug-likeness (QED) is 0.559. The molecule has 1 rings (SSSR count). The van der Waals surface area contributed by atoms with Crippen LogP contribution in [0.25, 0.3) is 0 Å². The van der Waals surface area contributed by atoms with E-state index in [-0.39, 0.29) is 19.4 Å². The molecule has 4 nitrogen and oxygen atoms in total. The molecule has 0 aromatic heterocycles. The number of hydrogen-bond donors (Lipinski definition) is 2. The van der Waals surface area contributed by atoms with Crippen molar-refractivity contribution in [3.8, 4) is 0 Å². The molecule has 0 aromatic rings. The highest BCUT2D eigenvalue weighted by Gasteiger charge is 2.56. The molecule has 1 aliphatic carbocycles. The Morgan fingerprint density at radius 2 is 1.82 bits per heavy atom. The van der Waals surface area contributed by atoms with Crippen LogP contribution in [0.2, 0.25) is 0 Å². The van der Waals surface area contributed by atoms with E-state index in [9.17, 15) is 22.8 Å². The molecule has 0 bridgehead atoms. The largest absolute Gasteiger partial charge is 0.480 e. The number of halogens is 3. The molecular formula is C10H14F3NO3. The van der Waals surface area contributed by atoms with E-state index in [1.54, 1.807) is 0 Å². The minimum absolute atomic E-state index is 0.0656. The minimum atomic E-state index is -4.18. The highest BCUT2D eigenvalue weighted by Crippen LogP contribution is 2.46. The Morgan fingerprint density at radius 3 is 2.24 bits per heavy atom. The van der Waals surface area contributed by atoms with Crippen molar-refractivity contribution >= 4 is 11.9 Å². The lowest BCUT2D eigenvalue weighted by molar-refractivity contribution is -0.149. The maximum atomic E-state index is 11.8. The van der Waals surface area contributed by atoms with E-state index >= 15 is 0 Å². The van der Waals surface area contributed by atoms with Crippen molar-refractivity contribution in [2.45, 2.75) is 38.3 Å². The van der Waals surface area contributed by atoms with Crippen LogP contribution >= 0.6 is 0 Å². The lowest BCUT2D eigenvalue weighted by Gasteiger charge is -2.11. The standard InChI is InChI=1S/C10H14F3NO3/c11-10(12,13)3-1-2-6-14-7(15)9(4-5-9)8(16)17/h1-6H2,(H,14,15)(H,16,17). The normalized spacial score (nSPS) is 17.6. The number of nitrogens with one attached hydrogen (secondary N) is 1. The van der Waals surface area contributed by atoms with Crippen molar-refractivity contribution in [1.29, 1.82) is 0 Å². The first-order valence-electron chi connectivity index (χ1n) is 5.36. The Kier molecular flexibility index (Phi) is 4.00. The van der Waals surface area contributed by atoms with Gasteiger partial charge in [0.1, 0.15) is 5.41 Å². The van der Waals surface area contributed by atoms with Crippen molar-refractivity contribution in [2.75, 3.05) is 6.54 Å². The molecular weight excluding hydrogens is 239 g/mol. The number of unbranched alkanes of at least 4 members (excludes halogenated alkanes) is 1. The molecule has 2 N–H and O–H groups in total. The summed E-state index contributed by atoms with van der Waals surface area (Å²) in [5.41, 5.74) is -1.32. The Morgan fingerprint density at radius 1 is 1.24 bits per heavy atom. The molecule has 0 spiro atoms. The van der Waals surface area contributed by atoms with Crippen LogP contribution in [0.15, 0.2) is 0 Å². The monoisotopic (exact) mass is 253 g/mol. The molecule has 98 valence electrons. The summed E-state index contributed by atoms with van der Waals surface area (Å²) in [7, 11) is 0. The second-order valence-corrected chi connectivity index (χ2v) is 4.22. The molecule has 1 saturated carbocycles. The van der Waals surface area contributed by atoms with E-state index in [1.165, 1.54) is 0 Å². The molecule has 1 fully saturated rings. The molecule has 1 aliphatic rings. The smallest absolute Gasteiger partial charge is 0.389 e. The third kappa shape index (κ3) is 3.90. The van der Waals surface area contributed by atoms with Crippen molar-refractivity contribution in [3.05, 3.63) is 0 Å². The molecule has 0 atom stereocenters. The first-order valence-corrected chi connectivity index (χ1v) is 5.36. The van der Waals surface area contributed by atoms with E-state index < -0.39 is 29.9 Å². The Labute approximate surface area is 96.2 Å². The van der Waals surface area contributed by atoms with Crippen LogP contribution in [0.5, 0.6) is 0 Å². The van der Waals surface area contributed by atoms with E-state index in [0.29, 0.717) is 12.8 Å². The van der Waals surface area contributed by atoms with Crippen LogP contribution < -0.4 is 5.32 Å². The van der Waals surface area contributed by atoms with Gasteiger partial charge in [-0.15, -0.1) is 0 Å². The zero-order valence-electron chi connectivity index (χ0n) is 9.14. The van der Waals surface area contributed by atoms with Crippen LogP contribution in [0.1, 0.15) is 32.1 Å². The summed E-state index contributed by atoms with van der Waals surface area (Å²) in [6.07, 6.45) is -4.33. The van der Waals surface area contributed by atoms with Crippen LogP contribution in [-0.4, -0.2) is 29.7 Å². The van der Waals surface area contributed by atoms with Gasteiger partial charge in [0.2, 0.25) is 5.91 Å². The summed E-state index contributed by atoms with van der Waals surface area (Å²) in [6, 6.07) is 0. The van der Waals surface area contributed by atoms with Gasteiger partial charge in [0, 0.05) is 13.0 Å². The van der Waals surface area contributed by atoms with Gasteiger partial charge in [-0.1, -0.05) is 0 Å². The van der Waals surface area contributed by atoms with Crippen molar-refractivity contribution in [3.63, 3.8) is 0 Å². The van der Waals surface area contributed by atoms with Crippen LogP contribution in [-0.2, 0) is 9.59 Å². The lowest BCUT2D eigenvalue weighted by atomic mass is 10.1. The maximum Gasteiger partial charge on any atom is 0.389 e. The highest BCUT2D eigenvalue weighted by molar-refractivity contribution is 6.04. The minimum Gasteiger partial charge on any atom is -0.480 e. The molecule has 0 saturated heterocycles. The van der Waals surface area contributed by atoms with Gasteiger partial charge < -0.3 is 10.4 Å². The second-order valence-electron chi connectivity index (χ2n) is 4.22. The molecule has 7 heteroatoms. The predicted molar refractivity (Wildman–Crippen MR) is 52.2 cm³/mol. The van der Waals surface area contributed by atoms with Crippen molar-refractivity contribution < 1.29 is 27.9 Å². The van der Waals surface area contributed by atoms with Crippen LogP contribution in [0.3, 0.4) is 0 Å². The second kappa shape index (κ2) is 4.93. The van der Waals surface area contributed by atoms with E-state index in [0.717, 1.165) is 0 Å². The van der Waals surface area contributed by atoms with Gasteiger partial charge >= 0.3 is 12.1 Å². The van der Waals surface area contributed by atoms with E-state index in [1.807, 2.05) is 0 Å². The first-order chi connectivity index (χ1) is 7.78. The summed E-state index contributed by atoms with van der Waals surface area (Å²) < 4.78 is 35.3. The maximum absolute atomic E-state index is 11.8. The van der Waals surface area contributed by atoms with Gasteiger partial charge in [0.25, 0.3) is 0 Å². The topological polar surface area (TPSA) is 66.4 Å². The molecule has 0 radical (unpaired) electrons. The molecule has 1 amide bonds. The van der Waals surface area contributed by atoms with Gasteiger partial charge in [-0.2, -0.15) is 13.2 Å². The summed E-state index contributed by atoms with van der Waals surface area (Å²) in [5, 5.41) is 11.1. The molecule has 0 aliphatic heterocycles. The highest BCUT2D eigenvalue weighted by atomic mass is 19.4. The van der Waals surface area contributed by atoms with Gasteiger partial charge in [-0.25, -0.2) is 0 Å². The fraction of sp³-hybridized carbons (Fsp3) is 0.800. The van der Waals surface area contributed by atoms with Crippen molar-refractivity contribution in [2.24, 2.45) is 5.41 Å². The van der Waals surface area contributed by atoms with Gasteiger partial charge in [-0.05, 0) is 25.7 Å². The number of rotatable bonds is 6.